The van der Waals surface area contributed by atoms with Gasteiger partial charge >= 0.3 is 0 Å². The van der Waals surface area contributed by atoms with E-state index < -0.39 is 40.2 Å². The molecule has 8 nitrogen and oxygen atoms in total. The van der Waals surface area contributed by atoms with Crippen LogP contribution in [0, 0.1) is 17.6 Å². The van der Waals surface area contributed by atoms with Crippen molar-refractivity contribution in [1.29, 1.82) is 0 Å². The van der Waals surface area contributed by atoms with E-state index in [-0.39, 0.29) is 29.3 Å². The molecule has 170 valence electrons. The second-order valence-corrected chi connectivity index (χ2v) is 8.14. The Morgan fingerprint density at radius 1 is 1.34 bits per heavy atom. The first-order chi connectivity index (χ1) is 15.2. The molecule has 2 N–H and O–H groups in total. The molecule has 0 saturated heterocycles. The third-order valence-electron chi connectivity index (χ3n) is 6.27. The highest BCUT2D eigenvalue weighted by Crippen LogP contribution is 2.54. The quantitative estimate of drug-likeness (QED) is 0.701. The summed E-state index contributed by atoms with van der Waals surface area (Å²) in [5, 5.41) is 13.0. The lowest BCUT2D eigenvalue weighted by molar-refractivity contribution is 0.0622. The van der Waals surface area contributed by atoms with Gasteiger partial charge in [-0.15, -0.1) is 0 Å². The van der Waals surface area contributed by atoms with Crippen LogP contribution in [0.2, 0.25) is 0 Å². The maximum atomic E-state index is 13.9. The predicted molar refractivity (Wildman–Crippen MR) is 109 cm³/mol. The minimum absolute atomic E-state index is 0.0367. The van der Waals surface area contributed by atoms with Gasteiger partial charge in [0, 0.05) is 50.5 Å². The minimum Gasteiger partial charge on any atom is -0.503 e. The third-order valence-corrected chi connectivity index (χ3v) is 6.27. The van der Waals surface area contributed by atoms with Crippen LogP contribution in [-0.4, -0.2) is 53.2 Å². The summed E-state index contributed by atoms with van der Waals surface area (Å²) < 4.78 is 33.7. The zero-order chi connectivity index (χ0) is 23.2. The molecular weight excluding hydrogens is 424 g/mol. The number of benzene rings is 1. The zero-order valence-electron chi connectivity index (χ0n) is 17.7. The van der Waals surface area contributed by atoms with Crippen molar-refractivity contribution in [3.8, 4) is 5.75 Å². The SMILES string of the molecule is CCN1C[C@@]2(C[C@@H]2COC)n2cc(C(=O)NCc3ccc(F)cc3F)c(=O)c(O)c2C1=O. The van der Waals surface area contributed by atoms with Crippen LogP contribution in [0.4, 0.5) is 8.78 Å². The van der Waals surface area contributed by atoms with Gasteiger partial charge in [0.1, 0.15) is 17.2 Å². The molecule has 1 saturated carbocycles. The normalized spacial score (nSPS) is 21.6. The number of aromatic nitrogens is 1. The Hall–Kier alpha value is -3.27. The highest BCUT2D eigenvalue weighted by molar-refractivity contribution is 5.99. The van der Waals surface area contributed by atoms with Gasteiger partial charge in [0.2, 0.25) is 5.43 Å². The van der Waals surface area contributed by atoms with E-state index in [0.717, 1.165) is 6.07 Å². The molecule has 1 fully saturated rings. The number of pyridine rings is 1. The predicted octanol–water partition coefficient (Wildman–Crippen LogP) is 1.60. The van der Waals surface area contributed by atoms with E-state index in [1.54, 1.807) is 18.9 Å². The molecule has 1 aromatic heterocycles. The maximum absolute atomic E-state index is 13.9. The van der Waals surface area contributed by atoms with Crippen molar-refractivity contribution in [2.45, 2.75) is 25.4 Å². The number of hydrogen-bond donors (Lipinski definition) is 2. The van der Waals surface area contributed by atoms with Gasteiger partial charge in [-0.3, -0.25) is 14.4 Å². The monoisotopic (exact) mass is 447 g/mol. The number of aromatic hydroxyl groups is 1. The number of fused-ring (bicyclic) bond motifs is 2. The number of amides is 2. The minimum atomic E-state index is -0.987. The number of carbonyl (C=O) groups excluding carboxylic acids is 2. The number of likely N-dealkylation sites (N-methyl/N-ethyl adjacent to an activating group) is 1. The van der Waals surface area contributed by atoms with Gasteiger partial charge in [0.15, 0.2) is 11.4 Å². The molecule has 1 aromatic carbocycles. The Kier molecular flexibility index (Phi) is 5.49. The van der Waals surface area contributed by atoms with Gasteiger partial charge in [0.05, 0.1) is 12.1 Å². The van der Waals surface area contributed by atoms with Crippen molar-refractivity contribution in [2.75, 3.05) is 26.8 Å². The summed E-state index contributed by atoms with van der Waals surface area (Å²) in [7, 11) is 1.56. The van der Waals surface area contributed by atoms with Crippen molar-refractivity contribution in [3.63, 3.8) is 0 Å². The highest BCUT2D eigenvalue weighted by atomic mass is 19.1. The smallest absolute Gasteiger partial charge is 0.274 e. The molecule has 2 aliphatic rings. The van der Waals surface area contributed by atoms with Crippen LogP contribution in [0.3, 0.4) is 0 Å². The number of rotatable bonds is 6. The lowest BCUT2D eigenvalue weighted by Crippen LogP contribution is -2.49. The Morgan fingerprint density at radius 3 is 2.75 bits per heavy atom. The van der Waals surface area contributed by atoms with Crippen molar-refractivity contribution in [3.05, 3.63) is 63.1 Å². The molecule has 2 aromatic rings. The topological polar surface area (TPSA) is 101 Å². The molecule has 2 amide bonds. The van der Waals surface area contributed by atoms with E-state index in [0.29, 0.717) is 32.2 Å². The fourth-order valence-corrected chi connectivity index (χ4v) is 4.41. The van der Waals surface area contributed by atoms with Gasteiger partial charge in [0.25, 0.3) is 11.8 Å². The molecule has 1 aliphatic heterocycles. The van der Waals surface area contributed by atoms with E-state index in [1.807, 2.05) is 0 Å². The van der Waals surface area contributed by atoms with Crippen LogP contribution in [0.25, 0.3) is 0 Å². The maximum Gasteiger partial charge on any atom is 0.274 e. The molecule has 32 heavy (non-hydrogen) atoms. The summed E-state index contributed by atoms with van der Waals surface area (Å²) >= 11 is 0. The molecule has 4 rings (SSSR count). The summed E-state index contributed by atoms with van der Waals surface area (Å²) in [4.78, 5) is 39.9. The van der Waals surface area contributed by atoms with Gasteiger partial charge < -0.3 is 24.6 Å². The first-order valence-corrected chi connectivity index (χ1v) is 10.2. The number of nitrogens with zero attached hydrogens (tertiary/aromatic N) is 2. The number of hydrogen-bond acceptors (Lipinski definition) is 5. The van der Waals surface area contributed by atoms with Crippen LogP contribution in [0.5, 0.6) is 5.75 Å². The molecule has 0 radical (unpaired) electrons. The Balaban J connectivity index is 1.70. The molecular formula is C22H23F2N3O5. The summed E-state index contributed by atoms with van der Waals surface area (Å²) in [6, 6.07) is 2.94. The van der Waals surface area contributed by atoms with Crippen molar-refractivity contribution < 1.29 is 28.2 Å². The Labute approximate surface area is 182 Å². The number of ether oxygens (including phenoxy) is 1. The van der Waals surface area contributed by atoms with Crippen LogP contribution >= 0.6 is 0 Å². The second kappa shape index (κ2) is 8.01. The second-order valence-electron chi connectivity index (χ2n) is 8.14. The fourth-order valence-electron chi connectivity index (χ4n) is 4.41. The van der Waals surface area contributed by atoms with E-state index in [4.69, 9.17) is 4.74 Å². The largest absolute Gasteiger partial charge is 0.503 e. The van der Waals surface area contributed by atoms with Gasteiger partial charge in [-0.2, -0.15) is 0 Å². The molecule has 2 heterocycles. The zero-order valence-corrected chi connectivity index (χ0v) is 17.7. The number of carbonyl (C=O) groups is 2. The summed E-state index contributed by atoms with van der Waals surface area (Å²) in [5.74, 6) is -3.66. The number of halogens is 2. The van der Waals surface area contributed by atoms with Crippen LogP contribution in [0.1, 0.15) is 39.8 Å². The van der Waals surface area contributed by atoms with E-state index in [1.165, 1.54) is 16.8 Å². The molecule has 2 atom stereocenters. The van der Waals surface area contributed by atoms with Crippen molar-refractivity contribution >= 4 is 11.8 Å². The first kappa shape index (κ1) is 21.9. The van der Waals surface area contributed by atoms with Gasteiger partial charge in [-0.1, -0.05) is 6.07 Å². The average molecular weight is 447 g/mol. The van der Waals surface area contributed by atoms with E-state index >= 15 is 0 Å². The lowest BCUT2D eigenvalue weighted by Gasteiger charge is -2.37. The van der Waals surface area contributed by atoms with Crippen LogP contribution < -0.4 is 10.7 Å². The number of methoxy groups -OCH3 is 1. The summed E-state index contributed by atoms with van der Waals surface area (Å²) in [5.41, 5.74) is -2.05. The lowest BCUT2D eigenvalue weighted by atomic mass is 10.0. The standard InChI is InChI=1S/C22H23F2N3O5/c1-3-26-11-22(7-13(22)10-32-2)27-9-15(18(28)19(29)17(27)21(26)31)20(30)25-8-12-4-5-14(23)6-16(12)24/h4-6,9,13,29H,3,7-8,10-11H2,1-2H3,(H,25,30)/t13-,22-/m1/s1. The Morgan fingerprint density at radius 2 is 2.09 bits per heavy atom. The molecule has 1 aliphatic carbocycles. The fraction of sp³-hybridized carbons (Fsp3) is 0.409. The first-order valence-electron chi connectivity index (χ1n) is 10.2. The molecule has 0 unspecified atom stereocenters. The summed E-state index contributed by atoms with van der Waals surface area (Å²) in [6.45, 7) is 2.71. The van der Waals surface area contributed by atoms with E-state index in [2.05, 4.69) is 5.32 Å². The van der Waals surface area contributed by atoms with Gasteiger partial charge in [-0.25, -0.2) is 8.78 Å². The van der Waals surface area contributed by atoms with Crippen LogP contribution in [-0.2, 0) is 16.8 Å². The van der Waals surface area contributed by atoms with Crippen molar-refractivity contribution in [1.82, 2.24) is 14.8 Å². The molecule has 1 spiro atoms. The Bertz CT molecular complexity index is 1160. The van der Waals surface area contributed by atoms with E-state index in [9.17, 15) is 28.3 Å². The van der Waals surface area contributed by atoms with Crippen molar-refractivity contribution in [2.24, 2.45) is 5.92 Å². The highest BCUT2D eigenvalue weighted by Gasteiger charge is 2.60. The average Bonchev–Trinajstić information content (AvgIpc) is 3.44. The van der Waals surface area contributed by atoms with Gasteiger partial charge in [-0.05, 0) is 19.4 Å². The summed E-state index contributed by atoms with van der Waals surface area (Å²) in [6.07, 6.45) is 1.94. The molecule has 10 heteroatoms. The third kappa shape index (κ3) is 3.44. The van der Waals surface area contributed by atoms with Crippen LogP contribution in [0.15, 0.2) is 29.2 Å². The molecule has 0 bridgehead atoms. The number of nitrogens with one attached hydrogen (secondary N) is 1.